The summed E-state index contributed by atoms with van der Waals surface area (Å²) in [5, 5.41) is 12.8. The first kappa shape index (κ1) is 21.6. The van der Waals surface area contributed by atoms with Gasteiger partial charge in [-0.25, -0.2) is 14.2 Å². The Hall–Kier alpha value is -3.10. The van der Waals surface area contributed by atoms with Gasteiger partial charge in [0.15, 0.2) is 0 Å². The van der Waals surface area contributed by atoms with Crippen molar-refractivity contribution in [3.8, 4) is 5.75 Å². The average Bonchev–Trinajstić information content (AvgIpc) is 2.70. The molecule has 2 N–H and O–H groups in total. The van der Waals surface area contributed by atoms with Crippen LogP contribution < -0.4 is 21.4 Å². The van der Waals surface area contributed by atoms with E-state index in [1.807, 2.05) is 13.8 Å². The van der Waals surface area contributed by atoms with Crippen molar-refractivity contribution in [1.82, 2.24) is 14.1 Å². The SMILES string of the molecule is CC(C)Oc1ccc(Nc2nc(=O)n(CCO)c(=O)n2Cc2ccc(Cl)cc2)cc1. The van der Waals surface area contributed by atoms with Crippen molar-refractivity contribution >= 4 is 23.2 Å². The first-order valence-electron chi connectivity index (χ1n) is 9.48. The average molecular weight is 431 g/mol. The smallest absolute Gasteiger partial charge is 0.355 e. The fourth-order valence-corrected chi connectivity index (χ4v) is 2.98. The quantitative estimate of drug-likeness (QED) is 0.570. The maximum absolute atomic E-state index is 12.9. The Morgan fingerprint density at radius 3 is 2.33 bits per heavy atom. The van der Waals surface area contributed by atoms with Gasteiger partial charge in [0, 0.05) is 10.7 Å². The number of nitrogens with one attached hydrogen (secondary N) is 1. The predicted octanol–water partition coefficient (Wildman–Crippen LogP) is 2.63. The van der Waals surface area contributed by atoms with Gasteiger partial charge >= 0.3 is 11.4 Å². The summed E-state index contributed by atoms with van der Waals surface area (Å²) < 4.78 is 7.88. The Bertz CT molecular complexity index is 1110. The lowest BCUT2D eigenvalue weighted by Crippen LogP contribution is -2.43. The molecule has 30 heavy (non-hydrogen) atoms. The minimum atomic E-state index is -0.733. The monoisotopic (exact) mass is 430 g/mol. The van der Waals surface area contributed by atoms with E-state index in [4.69, 9.17) is 16.3 Å². The van der Waals surface area contributed by atoms with Gasteiger partial charge in [-0.05, 0) is 55.8 Å². The predicted molar refractivity (Wildman–Crippen MR) is 116 cm³/mol. The molecule has 0 unspecified atom stereocenters. The van der Waals surface area contributed by atoms with Crippen LogP contribution in [0.4, 0.5) is 11.6 Å². The minimum absolute atomic E-state index is 0.0501. The second kappa shape index (κ2) is 9.60. The molecule has 1 aromatic heterocycles. The maximum atomic E-state index is 12.9. The Morgan fingerprint density at radius 2 is 1.73 bits per heavy atom. The third-order valence-corrected chi connectivity index (χ3v) is 4.46. The number of hydrogen-bond acceptors (Lipinski definition) is 6. The molecule has 3 aromatic rings. The normalized spacial score (nSPS) is 11.0. The molecule has 0 amide bonds. The molecule has 9 heteroatoms. The fourth-order valence-electron chi connectivity index (χ4n) is 2.85. The Morgan fingerprint density at radius 1 is 1.07 bits per heavy atom. The lowest BCUT2D eigenvalue weighted by atomic mass is 10.2. The fraction of sp³-hybridized carbons (Fsp3) is 0.286. The number of halogens is 1. The van der Waals surface area contributed by atoms with Gasteiger partial charge in [-0.2, -0.15) is 4.98 Å². The van der Waals surface area contributed by atoms with Crippen LogP contribution in [0.5, 0.6) is 5.75 Å². The van der Waals surface area contributed by atoms with E-state index in [1.165, 1.54) is 4.57 Å². The van der Waals surface area contributed by atoms with Gasteiger partial charge in [-0.1, -0.05) is 23.7 Å². The van der Waals surface area contributed by atoms with E-state index >= 15 is 0 Å². The number of aromatic nitrogens is 3. The van der Waals surface area contributed by atoms with Crippen LogP contribution in [0.2, 0.25) is 5.02 Å². The highest BCUT2D eigenvalue weighted by Crippen LogP contribution is 2.20. The summed E-state index contributed by atoms with van der Waals surface area (Å²) >= 11 is 5.94. The van der Waals surface area contributed by atoms with E-state index in [1.54, 1.807) is 48.5 Å². The number of ether oxygens (including phenoxy) is 1. The van der Waals surface area contributed by atoms with E-state index in [0.717, 1.165) is 10.1 Å². The molecule has 0 spiro atoms. The topological polar surface area (TPSA) is 98.4 Å². The number of rotatable bonds is 8. The van der Waals surface area contributed by atoms with Gasteiger partial charge in [0.2, 0.25) is 5.95 Å². The van der Waals surface area contributed by atoms with Gasteiger partial charge in [0.05, 0.1) is 25.8 Å². The van der Waals surface area contributed by atoms with Crippen molar-refractivity contribution < 1.29 is 9.84 Å². The number of benzene rings is 2. The number of anilines is 2. The third kappa shape index (κ3) is 5.28. The molecule has 158 valence electrons. The minimum Gasteiger partial charge on any atom is -0.491 e. The molecule has 3 rings (SSSR count). The molecule has 0 bridgehead atoms. The highest BCUT2D eigenvalue weighted by Gasteiger charge is 2.14. The number of aliphatic hydroxyl groups excluding tert-OH is 1. The van der Waals surface area contributed by atoms with Crippen LogP contribution in [0.15, 0.2) is 58.1 Å². The highest BCUT2D eigenvalue weighted by atomic mass is 35.5. The zero-order valence-corrected chi connectivity index (χ0v) is 17.5. The van der Waals surface area contributed by atoms with Gasteiger partial charge in [-0.3, -0.25) is 4.57 Å². The Kier molecular flexibility index (Phi) is 6.91. The van der Waals surface area contributed by atoms with Crippen LogP contribution in [0.1, 0.15) is 19.4 Å². The van der Waals surface area contributed by atoms with Crippen molar-refractivity contribution in [2.24, 2.45) is 0 Å². The Balaban J connectivity index is 1.98. The van der Waals surface area contributed by atoms with E-state index in [9.17, 15) is 14.7 Å². The Labute approximate surface area is 178 Å². The molecule has 0 aliphatic heterocycles. The molecule has 0 aliphatic rings. The van der Waals surface area contributed by atoms with Crippen molar-refractivity contribution in [3.05, 3.63) is 80.1 Å². The molecule has 0 radical (unpaired) electrons. The summed E-state index contributed by atoms with van der Waals surface area (Å²) in [5.41, 5.74) is 0.147. The van der Waals surface area contributed by atoms with E-state index in [2.05, 4.69) is 10.3 Å². The molecule has 1 heterocycles. The van der Waals surface area contributed by atoms with Crippen LogP contribution in [0.25, 0.3) is 0 Å². The summed E-state index contributed by atoms with van der Waals surface area (Å²) in [7, 11) is 0. The largest absolute Gasteiger partial charge is 0.491 e. The molecule has 0 saturated carbocycles. The van der Waals surface area contributed by atoms with Gasteiger partial charge in [0.1, 0.15) is 5.75 Å². The molecule has 0 atom stereocenters. The standard InChI is InChI=1S/C21H23ClN4O4/c1-14(2)30-18-9-7-17(8-10-18)23-19-24-20(28)25(11-12-27)21(29)26(19)13-15-3-5-16(22)6-4-15/h3-10,14,27H,11-13H2,1-2H3,(H,23,24,28). The summed E-state index contributed by atoms with van der Waals surface area (Å²) in [5.74, 6) is 0.812. The second-order valence-corrected chi connectivity index (χ2v) is 7.34. The number of aliphatic hydroxyl groups is 1. The lowest BCUT2D eigenvalue weighted by Gasteiger charge is -2.16. The van der Waals surface area contributed by atoms with Crippen molar-refractivity contribution in [1.29, 1.82) is 0 Å². The van der Waals surface area contributed by atoms with Crippen LogP contribution in [-0.4, -0.2) is 31.9 Å². The maximum Gasteiger partial charge on any atom is 0.355 e. The summed E-state index contributed by atoms with van der Waals surface area (Å²) in [6, 6.07) is 14.1. The van der Waals surface area contributed by atoms with Gasteiger partial charge in [0.25, 0.3) is 0 Å². The van der Waals surface area contributed by atoms with Gasteiger partial charge < -0.3 is 15.2 Å². The van der Waals surface area contributed by atoms with Crippen LogP contribution in [0.3, 0.4) is 0 Å². The molecule has 0 saturated heterocycles. The molecular weight excluding hydrogens is 408 g/mol. The first-order chi connectivity index (χ1) is 14.4. The van der Waals surface area contributed by atoms with Crippen molar-refractivity contribution in [2.45, 2.75) is 33.0 Å². The van der Waals surface area contributed by atoms with Crippen molar-refractivity contribution in [3.63, 3.8) is 0 Å². The first-order valence-corrected chi connectivity index (χ1v) is 9.86. The summed E-state index contributed by atoms with van der Waals surface area (Å²) in [6.07, 6.45) is 0.0501. The van der Waals surface area contributed by atoms with Crippen LogP contribution in [0, 0.1) is 0 Å². The number of nitrogens with zero attached hydrogens (tertiary/aromatic N) is 3. The number of hydrogen-bond donors (Lipinski definition) is 2. The van der Waals surface area contributed by atoms with E-state index < -0.39 is 11.4 Å². The molecule has 0 fully saturated rings. The third-order valence-electron chi connectivity index (χ3n) is 4.21. The van der Waals surface area contributed by atoms with E-state index in [0.29, 0.717) is 16.5 Å². The lowest BCUT2D eigenvalue weighted by molar-refractivity contribution is 0.242. The summed E-state index contributed by atoms with van der Waals surface area (Å²) in [6.45, 7) is 3.57. The molecular formula is C21H23ClN4O4. The second-order valence-electron chi connectivity index (χ2n) is 6.90. The zero-order chi connectivity index (χ0) is 21.7. The summed E-state index contributed by atoms with van der Waals surface area (Å²) in [4.78, 5) is 29.3. The van der Waals surface area contributed by atoms with Crippen LogP contribution >= 0.6 is 11.6 Å². The van der Waals surface area contributed by atoms with E-state index in [-0.39, 0.29) is 31.7 Å². The molecule has 8 nitrogen and oxygen atoms in total. The molecule has 0 aliphatic carbocycles. The van der Waals surface area contributed by atoms with Crippen molar-refractivity contribution in [2.75, 3.05) is 11.9 Å². The zero-order valence-electron chi connectivity index (χ0n) is 16.7. The molecule has 2 aromatic carbocycles. The van der Waals surface area contributed by atoms with Crippen LogP contribution in [-0.2, 0) is 13.1 Å². The highest BCUT2D eigenvalue weighted by molar-refractivity contribution is 6.30. The van der Waals surface area contributed by atoms with Gasteiger partial charge in [-0.15, -0.1) is 0 Å².